The number of anilines is 1. The first-order valence-electron chi connectivity index (χ1n) is 5.22. The molecule has 1 aromatic heterocycles. The Hall–Kier alpha value is -1.00. The summed E-state index contributed by atoms with van der Waals surface area (Å²) in [6.07, 6.45) is 3.44. The van der Waals surface area contributed by atoms with Crippen LogP contribution in [-0.4, -0.2) is 4.98 Å². The maximum absolute atomic E-state index is 5.92. The molecule has 0 saturated carbocycles. The number of halogens is 1. The zero-order chi connectivity index (χ0) is 12.4. The van der Waals surface area contributed by atoms with Gasteiger partial charge in [0.15, 0.2) is 0 Å². The molecular weight excluding hydrogens is 296 g/mol. The molecule has 1 aromatic carbocycles. The molecule has 0 spiro atoms. The standard InChI is InChI=1S/C13H13BrN2S/c1-8-3-4-10(5-9(8)2)17-13-11(14)6-16-7-12(13)15/h3-7H,15H2,1-2H3. The summed E-state index contributed by atoms with van der Waals surface area (Å²) in [6, 6.07) is 6.41. The van der Waals surface area contributed by atoms with Crippen LogP contribution in [0.15, 0.2) is 44.9 Å². The summed E-state index contributed by atoms with van der Waals surface area (Å²) in [5, 5.41) is 0. The van der Waals surface area contributed by atoms with Crippen LogP contribution in [-0.2, 0) is 0 Å². The second kappa shape index (κ2) is 5.10. The number of aryl methyl sites for hydroxylation is 2. The van der Waals surface area contributed by atoms with Crippen LogP contribution >= 0.6 is 27.7 Å². The van der Waals surface area contributed by atoms with Crippen molar-refractivity contribution in [3.8, 4) is 0 Å². The SMILES string of the molecule is Cc1ccc(Sc2c(N)cncc2Br)cc1C. The zero-order valence-corrected chi connectivity index (χ0v) is 12.1. The Bertz CT molecular complexity index is 535. The molecule has 0 saturated heterocycles. The number of nitrogens with zero attached hydrogens (tertiary/aromatic N) is 1. The van der Waals surface area contributed by atoms with Crippen molar-refractivity contribution in [2.75, 3.05) is 5.73 Å². The number of rotatable bonds is 2. The Kier molecular flexibility index (Phi) is 3.74. The Morgan fingerprint density at radius 2 is 1.94 bits per heavy atom. The number of pyridine rings is 1. The van der Waals surface area contributed by atoms with E-state index in [4.69, 9.17) is 5.73 Å². The van der Waals surface area contributed by atoms with Gasteiger partial charge in [-0.3, -0.25) is 4.98 Å². The average molecular weight is 309 g/mol. The summed E-state index contributed by atoms with van der Waals surface area (Å²) in [7, 11) is 0. The lowest BCUT2D eigenvalue weighted by atomic mass is 10.1. The molecule has 0 aliphatic carbocycles. The van der Waals surface area contributed by atoms with E-state index in [1.807, 2.05) is 0 Å². The van der Waals surface area contributed by atoms with E-state index in [2.05, 4.69) is 53.0 Å². The predicted octanol–water partition coefficient (Wildman–Crippen LogP) is 4.19. The van der Waals surface area contributed by atoms with Crippen molar-refractivity contribution >= 4 is 33.4 Å². The first kappa shape index (κ1) is 12.5. The summed E-state index contributed by atoms with van der Waals surface area (Å²) in [6.45, 7) is 4.23. The Morgan fingerprint density at radius 3 is 2.59 bits per heavy atom. The molecule has 0 fully saturated rings. The number of aromatic nitrogens is 1. The maximum Gasteiger partial charge on any atom is 0.0653 e. The van der Waals surface area contributed by atoms with Crippen molar-refractivity contribution < 1.29 is 0 Å². The van der Waals surface area contributed by atoms with Crippen molar-refractivity contribution in [2.24, 2.45) is 0 Å². The second-order valence-electron chi connectivity index (χ2n) is 3.89. The third-order valence-corrected chi connectivity index (χ3v) is 4.59. The quantitative estimate of drug-likeness (QED) is 0.904. The van der Waals surface area contributed by atoms with E-state index in [-0.39, 0.29) is 0 Å². The van der Waals surface area contributed by atoms with Crippen LogP contribution in [0.4, 0.5) is 5.69 Å². The minimum Gasteiger partial charge on any atom is -0.397 e. The fraction of sp³-hybridized carbons (Fsp3) is 0.154. The van der Waals surface area contributed by atoms with Crippen molar-refractivity contribution in [1.82, 2.24) is 4.98 Å². The zero-order valence-electron chi connectivity index (χ0n) is 9.70. The van der Waals surface area contributed by atoms with E-state index in [9.17, 15) is 0 Å². The summed E-state index contributed by atoms with van der Waals surface area (Å²) in [5.41, 5.74) is 9.21. The van der Waals surface area contributed by atoms with Crippen LogP contribution in [0, 0.1) is 13.8 Å². The van der Waals surface area contributed by atoms with E-state index in [0.29, 0.717) is 5.69 Å². The van der Waals surface area contributed by atoms with E-state index in [1.165, 1.54) is 16.0 Å². The Balaban J connectivity index is 2.35. The molecule has 2 N–H and O–H groups in total. The number of benzene rings is 1. The lowest BCUT2D eigenvalue weighted by Gasteiger charge is -2.08. The van der Waals surface area contributed by atoms with Crippen LogP contribution in [0.5, 0.6) is 0 Å². The van der Waals surface area contributed by atoms with E-state index < -0.39 is 0 Å². The van der Waals surface area contributed by atoms with Crippen LogP contribution in [0.2, 0.25) is 0 Å². The van der Waals surface area contributed by atoms with Gasteiger partial charge in [-0.05, 0) is 53.0 Å². The smallest absolute Gasteiger partial charge is 0.0653 e. The predicted molar refractivity (Wildman–Crippen MR) is 76.4 cm³/mol. The Morgan fingerprint density at radius 1 is 1.18 bits per heavy atom. The van der Waals surface area contributed by atoms with Gasteiger partial charge in [0.1, 0.15) is 0 Å². The molecule has 0 atom stereocenters. The minimum atomic E-state index is 0.697. The number of nitrogens with two attached hydrogens (primary N) is 1. The molecule has 0 radical (unpaired) electrons. The highest BCUT2D eigenvalue weighted by atomic mass is 79.9. The minimum absolute atomic E-state index is 0.697. The van der Waals surface area contributed by atoms with Gasteiger partial charge in [-0.2, -0.15) is 0 Å². The van der Waals surface area contributed by atoms with E-state index in [1.54, 1.807) is 24.2 Å². The van der Waals surface area contributed by atoms with Gasteiger partial charge < -0.3 is 5.73 Å². The van der Waals surface area contributed by atoms with Crippen molar-refractivity contribution in [3.05, 3.63) is 46.2 Å². The molecule has 2 nitrogen and oxygen atoms in total. The highest BCUT2D eigenvalue weighted by Crippen LogP contribution is 2.37. The number of hydrogen-bond donors (Lipinski definition) is 1. The van der Waals surface area contributed by atoms with Crippen molar-refractivity contribution in [1.29, 1.82) is 0 Å². The highest BCUT2D eigenvalue weighted by molar-refractivity contribution is 9.10. The van der Waals surface area contributed by atoms with Gasteiger partial charge in [-0.25, -0.2) is 0 Å². The molecular formula is C13H13BrN2S. The van der Waals surface area contributed by atoms with Crippen molar-refractivity contribution in [3.63, 3.8) is 0 Å². The molecule has 0 aliphatic rings. The monoisotopic (exact) mass is 308 g/mol. The van der Waals surface area contributed by atoms with Gasteiger partial charge in [0.25, 0.3) is 0 Å². The number of nitrogen functional groups attached to an aromatic ring is 1. The molecule has 0 aliphatic heterocycles. The van der Waals surface area contributed by atoms with Crippen LogP contribution < -0.4 is 5.73 Å². The van der Waals surface area contributed by atoms with Gasteiger partial charge in [-0.15, -0.1) is 0 Å². The average Bonchev–Trinajstić information content (AvgIpc) is 2.28. The first-order valence-corrected chi connectivity index (χ1v) is 6.83. The Labute approximate surface area is 114 Å². The molecule has 17 heavy (non-hydrogen) atoms. The van der Waals surface area contributed by atoms with E-state index in [0.717, 1.165) is 9.37 Å². The molecule has 0 bridgehead atoms. The topological polar surface area (TPSA) is 38.9 Å². The van der Waals surface area contributed by atoms with Crippen LogP contribution in [0.1, 0.15) is 11.1 Å². The third kappa shape index (κ3) is 2.82. The van der Waals surface area contributed by atoms with Crippen LogP contribution in [0.25, 0.3) is 0 Å². The molecule has 2 rings (SSSR count). The largest absolute Gasteiger partial charge is 0.397 e. The highest BCUT2D eigenvalue weighted by Gasteiger charge is 2.07. The summed E-state index contributed by atoms with van der Waals surface area (Å²) in [5.74, 6) is 0. The maximum atomic E-state index is 5.92. The lowest BCUT2D eigenvalue weighted by molar-refractivity contribution is 1.23. The fourth-order valence-corrected chi connectivity index (χ4v) is 2.96. The second-order valence-corrected chi connectivity index (χ2v) is 5.83. The molecule has 4 heteroatoms. The van der Waals surface area contributed by atoms with Crippen LogP contribution in [0.3, 0.4) is 0 Å². The van der Waals surface area contributed by atoms with Crippen molar-refractivity contribution in [2.45, 2.75) is 23.6 Å². The molecule has 88 valence electrons. The van der Waals surface area contributed by atoms with Gasteiger partial charge in [0.05, 0.1) is 21.3 Å². The summed E-state index contributed by atoms with van der Waals surface area (Å²) < 4.78 is 0.931. The molecule has 1 heterocycles. The van der Waals surface area contributed by atoms with E-state index >= 15 is 0 Å². The van der Waals surface area contributed by atoms with Gasteiger partial charge >= 0.3 is 0 Å². The lowest BCUT2D eigenvalue weighted by Crippen LogP contribution is -1.91. The summed E-state index contributed by atoms with van der Waals surface area (Å²) >= 11 is 5.13. The number of hydrogen-bond acceptors (Lipinski definition) is 3. The third-order valence-electron chi connectivity index (χ3n) is 2.58. The molecule has 2 aromatic rings. The fourth-order valence-electron chi connectivity index (χ4n) is 1.44. The van der Waals surface area contributed by atoms with Gasteiger partial charge in [0, 0.05) is 11.1 Å². The molecule has 0 amide bonds. The van der Waals surface area contributed by atoms with Gasteiger partial charge in [0.2, 0.25) is 0 Å². The molecule has 0 unspecified atom stereocenters. The van der Waals surface area contributed by atoms with Gasteiger partial charge in [-0.1, -0.05) is 17.8 Å². The summed E-state index contributed by atoms with van der Waals surface area (Å²) in [4.78, 5) is 6.24. The first-order chi connectivity index (χ1) is 8.08. The normalized spacial score (nSPS) is 10.5.